The molecule has 0 fully saturated rings. The molecule has 1 N–H and O–H groups in total. The summed E-state index contributed by atoms with van der Waals surface area (Å²) in [6.45, 7) is 3.98. The molecule has 0 amide bonds. The Morgan fingerprint density at radius 3 is 3.00 bits per heavy atom. The Morgan fingerprint density at radius 2 is 2.28 bits per heavy atom. The van der Waals surface area contributed by atoms with Crippen molar-refractivity contribution in [3.63, 3.8) is 0 Å². The van der Waals surface area contributed by atoms with E-state index in [0.717, 1.165) is 16.7 Å². The first-order valence-corrected chi connectivity index (χ1v) is 6.52. The second-order valence-electron chi connectivity index (χ2n) is 3.92. The zero-order chi connectivity index (χ0) is 13.0. The number of nitrogens with zero attached hydrogens (tertiary/aromatic N) is 3. The van der Waals surface area contributed by atoms with Crippen LogP contribution in [0.15, 0.2) is 28.9 Å². The summed E-state index contributed by atoms with van der Waals surface area (Å²) in [6.07, 6.45) is 1.82. The van der Waals surface area contributed by atoms with E-state index in [-0.39, 0.29) is 5.82 Å². The summed E-state index contributed by atoms with van der Waals surface area (Å²) in [5, 5.41) is 11.2. The second kappa shape index (κ2) is 6.06. The number of halogens is 2. The Morgan fingerprint density at radius 1 is 1.44 bits per heavy atom. The standard InChI is InChI=1S/C12H14BrFN4/c1-2-15-6-11-8-18(17-16-11)7-9-3-4-10(13)5-12(9)14/h3-5,8,15H,2,6-7H2,1H3. The number of benzene rings is 1. The van der Waals surface area contributed by atoms with Crippen LogP contribution >= 0.6 is 15.9 Å². The van der Waals surface area contributed by atoms with Crippen LogP contribution in [0.4, 0.5) is 4.39 Å². The molecule has 0 spiro atoms. The molecule has 0 unspecified atom stereocenters. The first-order chi connectivity index (χ1) is 8.69. The van der Waals surface area contributed by atoms with E-state index in [1.807, 2.05) is 19.2 Å². The van der Waals surface area contributed by atoms with Crippen molar-refractivity contribution >= 4 is 15.9 Å². The predicted molar refractivity (Wildman–Crippen MR) is 70.6 cm³/mol. The summed E-state index contributed by atoms with van der Waals surface area (Å²) in [6, 6.07) is 5.01. The van der Waals surface area contributed by atoms with Crippen molar-refractivity contribution in [3.8, 4) is 0 Å². The van der Waals surface area contributed by atoms with E-state index in [1.165, 1.54) is 6.07 Å². The van der Waals surface area contributed by atoms with Crippen LogP contribution in [0.1, 0.15) is 18.2 Å². The smallest absolute Gasteiger partial charge is 0.129 e. The molecule has 0 aliphatic rings. The Labute approximate surface area is 113 Å². The first-order valence-electron chi connectivity index (χ1n) is 5.72. The molecule has 1 aromatic carbocycles. The minimum atomic E-state index is -0.242. The van der Waals surface area contributed by atoms with Gasteiger partial charge in [0.1, 0.15) is 5.82 Å². The van der Waals surface area contributed by atoms with Crippen LogP contribution in [0.25, 0.3) is 0 Å². The fraction of sp³-hybridized carbons (Fsp3) is 0.333. The molecule has 0 saturated carbocycles. The SMILES string of the molecule is CCNCc1cn(Cc2ccc(Br)cc2F)nn1. The Balaban J connectivity index is 2.06. The van der Waals surface area contributed by atoms with Crippen LogP contribution in [-0.4, -0.2) is 21.5 Å². The summed E-state index contributed by atoms with van der Waals surface area (Å²) in [4.78, 5) is 0. The largest absolute Gasteiger partial charge is 0.311 e. The molecule has 96 valence electrons. The lowest BCUT2D eigenvalue weighted by atomic mass is 10.2. The normalized spacial score (nSPS) is 10.8. The maximum Gasteiger partial charge on any atom is 0.129 e. The van der Waals surface area contributed by atoms with Crippen molar-refractivity contribution in [2.45, 2.75) is 20.0 Å². The van der Waals surface area contributed by atoms with Crippen LogP contribution in [0.2, 0.25) is 0 Å². The molecule has 1 aromatic heterocycles. The predicted octanol–water partition coefficient (Wildman–Crippen LogP) is 2.34. The number of rotatable bonds is 5. The molecule has 2 aromatic rings. The Bertz CT molecular complexity index is 527. The van der Waals surface area contributed by atoms with Gasteiger partial charge < -0.3 is 5.32 Å². The van der Waals surface area contributed by atoms with Crippen LogP contribution in [0.3, 0.4) is 0 Å². The summed E-state index contributed by atoms with van der Waals surface area (Å²) < 4.78 is 16.0. The average Bonchev–Trinajstić information content (AvgIpc) is 2.78. The molecule has 0 bridgehead atoms. The van der Waals surface area contributed by atoms with Crippen molar-refractivity contribution < 1.29 is 4.39 Å². The van der Waals surface area contributed by atoms with Gasteiger partial charge in [-0.05, 0) is 18.7 Å². The van der Waals surface area contributed by atoms with Gasteiger partial charge in [0.25, 0.3) is 0 Å². The van der Waals surface area contributed by atoms with Gasteiger partial charge in [-0.2, -0.15) is 0 Å². The van der Waals surface area contributed by atoms with Gasteiger partial charge >= 0.3 is 0 Å². The van der Waals surface area contributed by atoms with E-state index in [4.69, 9.17) is 0 Å². The quantitative estimate of drug-likeness (QED) is 0.921. The summed E-state index contributed by atoms with van der Waals surface area (Å²) in [5.74, 6) is -0.242. The highest BCUT2D eigenvalue weighted by Crippen LogP contribution is 2.16. The van der Waals surface area contributed by atoms with Gasteiger partial charge in [0, 0.05) is 16.6 Å². The van der Waals surface area contributed by atoms with E-state index in [9.17, 15) is 4.39 Å². The molecule has 0 atom stereocenters. The van der Waals surface area contributed by atoms with E-state index in [1.54, 1.807) is 10.7 Å². The number of hydrogen-bond acceptors (Lipinski definition) is 3. The van der Waals surface area contributed by atoms with Crippen LogP contribution < -0.4 is 5.32 Å². The van der Waals surface area contributed by atoms with Crippen molar-refractivity contribution in [2.24, 2.45) is 0 Å². The minimum Gasteiger partial charge on any atom is -0.311 e. The van der Waals surface area contributed by atoms with Gasteiger partial charge in [-0.25, -0.2) is 9.07 Å². The van der Waals surface area contributed by atoms with Crippen molar-refractivity contribution in [1.29, 1.82) is 0 Å². The van der Waals surface area contributed by atoms with Gasteiger partial charge in [0.05, 0.1) is 18.4 Å². The molecule has 2 rings (SSSR count). The van der Waals surface area contributed by atoms with Crippen molar-refractivity contribution in [3.05, 3.63) is 45.9 Å². The highest BCUT2D eigenvalue weighted by Gasteiger charge is 2.05. The molecular weight excluding hydrogens is 299 g/mol. The summed E-state index contributed by atoms with van der Waals surface area (Å²) >= 11 is 3.23. The molecule has 1 heterocycles. The Hall–Kier alpha value is -1.27. The number of hydrogen-bond donors (Lipinski definition) is 1. The third-order valence-corrected chi connectivity index (χ3v) is 2.98. The highest BCUT2D eigenvalue weighted by atomic mass is 79.9. The van der Waals surface area contributed by atoms with Gasteiger partial charge in [0.15, 0.2) is 0 Å². The van der Waals surface area contributed by atoms with E-state index < -0.39 is 0 Å². The maximum atomic E-state index is 13.6. The average molecular weight is 313 g/mol. The van der Waals surface area contributed by atoms with Crippen molar-refractivity contribution in [1.82, 2.24) is 20.3 Å². The molecule has 6 heteroatoms. The second-order valence-corrected chi connectivity index (χ2v) is 4.84. The maximum absolute atomic E-state index is 13.6. The number of aromatic nitrogens is 3. The molecule has 4 nitrogen and oxygen atoms in total. The number of nitrogens with one attached hydrogen (secondary N) is 1. The topological polar surface area (TPSA) is 42.7 Å². The molecule has 18 heavy (non-hydrogen) atoms. The van der Waals surface area contributed by atoms with Crippen LogP contribution in [-0.2, 0) is 13.1 Å². The third-order valence-electron chi connectivity index (χ3n) is 2.49. The van der Waals surface area contributed by atoms with E-state index in [2.05, 4.69) is 31.6 Å². The lowest BCUT2D eigenvalue weighted by Crippen LogP contribution is -2.11. The van der Waals surface area contributed by atoms with Crippen molar-refractivity contribution in [2.75, 3.05) is 6.54 Å². The minimum absolute atomic E-state index is 0.242. The molecule has 0 aliphatic carbocycles. The zero-order valence-electron chi connectivity index (χ0n) is 10.0. The van der Waals surface area contributed by atoms with Gasteiger partial charge in [-0.1, -0.05) is 34.1 Å². The summed E-state index contributed by atoms with van der Waals surface area (Å²) in [5.41, 5.74) is 1.45. The van der Waals surface area contributed by atoms with Gasteiger partial charge in [-0.15, -0.1) is 5.10 Å². The zero-order valence-corrected chi connectivity index (χ0v) is 11.6. The van der Waals surface area contributed by atoms with Crippen LogP contribution in [0, 0.1) is 5.82 Å². The van der Waals surface area contributed by atoms with E-state index in [0.29, 0.717) is 18.7 Å². The highest BCUT2D eigenvalue weighted by molar-refractivity contribution is 9.10. The molecular formula is C12H14BrFN4. The molecule has 0 aliphatic heterocycles. The lowest BCUT2D eigenvalue weighted by molar-refractivity contribution is 0.576. The molecule has 0 radical (unpaired) electrons. The first kappa shape index (κ1) is 13.2. The van der Waals surface area contributed by atoms with Crippen LogP contribution in [0.5, 0.6) is 0 Å². The van der Waals surface area contributed by atoms with Gasteiger partial charge in [-0.3, -0.25) is 0 Å². The van der Waals surface area contributed by atoms with E-state index >= 15 is 0 Å². The van der Waals surface area contributed by atoms with Gasteiger partial charge in [0.2, 0.25) is 0 Å². The Kier molecular flexibility index (Phi) is 4.43. The lowest BCUT2D eigenvalue weighted by Gasteiger charge is -2.03. The monoisotopic (exact) mass is 312 g/mol. The third kappa shape index (κ3) is 3.36. The fourth-order valence-electron chi connectivity index (χ4n) is 1.57. The molecule has 0 saturated heterocycles. The summed E-state index contributed by atoms with van der Waals surface area (Å²) in [7, 11) is 0. The fourth-order valence-corrected chi connectivity index (χ4v) is 1.91.